The molecule has 5 unspecified atom stereocenters. The Bertz CT molecular complexity index is 592. The van der Waals surface area contributed by atoms with Crippen LogP contribution in [0.25, 0.3) is 0 Å². The summed E-state index contributed by atoms with van der Waals surface area (Å²) in [6.07, 6.45) is 7.15. The summed E-state index contributed by atoms with van der Waals surface area (Å²) in [5.41, 5.74) is 0. The van der Waals surface area contributed by atoms with E-state index in [4.69, 9.17) is 0 Å². The van der Waals surface area contributed by atoms with E-state index in [2.05, 4.69) is 23.7 Å². The molecule has 3 heterocycles. The van der Waals surface area contributed by atoms with Crippen LogP contribution in [0, 0.1) is 5.92 Å². The number of likely N-dealkylation sites (tertiary alicyclic amines) is 2. The van der Waals surface area contributed by atoms with Gasteiger partial charge in [-0.15, -0.1) is 0 Å². The Morgan fingerprint density at radius 2 is 1.96 bits per heavy atom. The molecule has 0 bridgehead atoms. The highest BCUT2D eigenvalue weighted by Gasteiger charge is 2.38. The number of nitrogens with zero attached hydrogens (tertiary/aromatic N) is 4. The fraction of sp³-hybridized carbons (Fsp3) is 0.789. The number of aliphatic hydroxyl groups is 1. The number of hydrogen-bond acceptors (Lipinski definition) is 4. The van der Waals surface area contributed by atoms with E-state index in [0.717, 1.165) is 19.4 Å². The molecule has 1 amide bonds. The van der Waals surface area contributed by atoms with E-state index in [1.807, 2.05) is 29.6 Å². The summed E-state index contributed by atoms with van der Waals surface area (Å²) in [5, 5.41) is 10.7. The first kappa shape index (κ1) is 18.4. The van der Waals surface area contributed by atoms with Crippen LogP contribution in [0.1, 0.15) is 58.4 Å². The predicted octanol–water partition coefficient (Wildman–Crippen LogP) is 1.95. The van der Waals surface area contributed by atoms with Gasteiger partial charge in [0, 0.05) is 50.5 Å². The smallest absolute Gasteiger partial charge is 0.239 e. The van der Waals surface area contributed by atoms with Gasteiger partial charge in [0.2, 0.25) is 5.91 Å². The highest BCUT2D eigenvalue weighted by Crippen LogP contribution is 2.31. The number of imidazole rings is 1. The minimum atomic E-state index is -0.615. The predicted molar refractivity (Wildman–Crippen MR) is 96.9 cm³/mol. The summed E-state index contributed by atoms with van der Waals surface area (Å²) in [6, 6.07) is 0.844. The number of carbonyl (C=O) groups excluding carboxylic acids is 1. The normalized spacial score (nSPS) is 30.4. The van der Waals surface area contributed by atoms with Gasteiger partial charge in [0.15, 0.2) is 0 Å². The number of aromatic nitrogens is 2. The maximum Gasteiger partial charge on any atom is 0.239 e. The second-order valence-corrected chi connectivity index (χ2v) is 7.93. The first-order valence-corrected chi connectivity index (χ1v) is 9.61. The van der Waals surface area contributed by atoms with Crippen LogP contribution in [0.15, 0.2) is 12.4 Å². The maximum absolute atomic E-state index is 13.1. The number of carbonyl (C=O) groups is 1. The molecule has 3 rings (SSSR count). The molecule has 25 heavy (non-hydrogen) atoms. The van der Waals surface area contributed by atoms with E-state index in [-0.39, 0.29) is 17.9 Å². The number of piperidine rings is 1. The summed E-state index contributed by atoms with van der Waals surface area (Å²) >= 11 is 0. The van der Waals surface area contributed by atoms with Gasteiger partial charge in [-0.25, -0.2) is 4.98 Å². The van der Waals surface area contributed by atoms with Gasteiger partial charge < -0.3 is 14.6 Å². The minimum Gasteiger partial charge on any atom is -0.385 e. The Kier molecular flexibility index (Phi) is 5.49. The fourth-order valence-corrected chi connectivity index (χ4v) is 4.71. The van der Waals surface area contributed by atoms with E-state index in [0.29, 0.717) is 24.5 Å². The Morgan fingerprint density at radius 1 is 1.28 bits per heavy atom. The molecule has 2 aliphatic rings. The van der Waals surface area contributed by atoms with Gasteiger partial charge in [-0.3, -0.25) is 9.69 Å². The van der Waals surface area contributed by atoms with Gasteiger partial charge in [-0.2, -0.15) is 0 Å². The average Bonchev–Trinajstić information content (AvgIpc) is 3.18. The molecular formula is C19H32N4O2. The molecule has 0 radical (unpaired) electrons. The molecular weight excluding hydrogens is 316 g/mol. The third-order valence-electron chi connectivity index (χ3n) is 6.16. The molecule has 0 spiro atoms. The van der Waals surface area contributed by atoms with Crippen LogP contribution in [0.5, 0.6) is 0 Å². The van der Waals surface area contributed by atoms with Crippen molar-refractivity contribution >= 4 is 5.91 Å². The molecule has 0 aromatic carbocycles. The first-order valence-electron chi connectivity index (χ1n) is 9.61. The monoisotopic (exact) mass is 348 g/mol. The van der Waals surface area contributed by atoms with Crippen molar-refractivity contribution in [2.75, 3.05) is 13.1 Å². The summed E-state index contributed by atoms with van der Waals surface area (Å²) < 4.78 is 1.86. The number of aryl methyl sites for hydroxylation is 1. The summed E-state index contributed by atoms with van der Waals surface area (Å²) in [6.45, 7) is 7.89. The average molecular weight is 348 g/mol. The number of aliphatic hydroxyl groups excluding tert-OH is 1. The zero-order chi connectivity index (χ0) is 18.1. The van der Waals surface area contributed by atoms with Crippen molar-refractivity contribution in [3.63, 3.8) is 0 Å². The molecule has 1 N–H and O–H groups in total. The van der Waals surface area contributed by atoms with Crippen molar-refractivity contribution in [1.29, 1.82) is 0 Å². The van der Waals surface area contributed by atoms with Gasteiger partial charge in [0.05, 0.1) is 6.04 Å². The highest BCUT2D eigenvalue weighted by molar-refractivity contribution is 5.81. The molecule has 2 aliphatic heterocycles. The van der Waals surface area contributed by atoms with Crippen LogP contribution in [-0.2, 0) is 11.8 Å². The zero-order valence-corrected chi connectivity index (χ0v) is 15.9. The van der Waals surface area contributed by atoms with E-state index < -0.39 is 6.10 Å². The van der Waals surface area contributed by atoms with Crippen molar-refractivity contribution in [3.8, 4) is 0 Å². The fourth-order valence-electron chi connectivity index (χ4n) is 4.71. The molecule has 0 saturated carbocycles. The van der Waals surface area contributed by atoms with E-state index >= 15 is 0 Å². The third-order valence-corrected chi connectivity index (χ3v) is 6.16. The van der Waals surface area contributed by atoms with Gasteiger partial charge in [-0.05, 0) is 46.5 Å². The topological polar surface area (TPSA) is 61.6 Å². The van der Waals surface area contributed by atoms with Crippen LogP contribution in [-0.4, -0.2) is 61.6 Å². The highest BCUT2D eigenvalue weighted by atomic mass is 16.3. The van der Waals surface area contributed by atoms with E-state index in [9.17, 15) is 9.90 Å². The maximum atomic E-state index is 13.1. The van der Waals surface area contributed by atoms with Gasteiger partial charge in [0.1, 0.15) is 11.9 Å². The van der Waals surface area contributed by atoms with Gasteiger partial charge in [-0.1, -0.05) is 0 Å². The number of rotatable bonds is 4. The van der Waals surface area contributed by atoms with Gasteiger partial charge in [0.25, 0.3) is 0 Å². The van der Waals surface area contributed by atoms with Crippen molar-refractivity contribution in [2.45, 2.75) is 70.7 Å². The molecule has 0 aliphatic carbocycles. The number of amides is 1. The Morgan fingerprint density at radius 3 is 2.56 bits per heavy atom. The SMILES string of the molecule is CC1CCC(C)N1C(C)C(=O)N1CCCC(C(O)c2nccn2C)C1. The summed E-state index contributed by atoms with van der Waals surface area (Å²) in [4.78, 5) is 21.7. The molecule has 2 saturated heterocycles. The zero-order valence-electron chi connectivity index (χ0n) is 15.9. The van der Waals surface area contributed by atoms with Crippen molar-refractivity contribution in [1.82, 2.24) is 19.4 Å². The standard InChI is InChI=1S/C19H32N4O2/c1-13-7-8-14(2)23(13)15(3)19(25)22-10-5-6-16(12-22)17(24)18-20-9-11-21(18)4/h9,11,13-17,24H,5-8,10,12H2,1-4H3. The quantitative estimate of drug-likeness (QED) is 0.903. The molecule has 5 atom stereocenters. The molecule has 2 fully saturated rings. The molecule has 140 valence electrons. The second kappa shape index (κ2) is 7.46. The lowest BCUT2D eigenvalue weighted by Gasteiger charge is -2.39. The summed E-state index contributed by atoms with van der Waals surface area (Å²) in [5.74, 6) is 0.950. The molecule has 6 nitrogen and oxygen atoms in total. The van der Waals surface area contributed by atoms with Crippen LogP contribution in [0.2, 0.25) is 0 Å². The number of hydrogen-bond donors (Lipinski definition) is 1. The molecule has 1 aromatic rings. The Hall–Kier alpha value is -1.40. The van der Waals surface area contributed by atoms with Crippen LogP contribution in [0.4, 0.5) is 0 Å². The lowest BCUT2D eigenvalue weighted by molar-refractivity contribution is -0.140. The van der Waals surface area contributed by atoms with Crippen LogP contribution < -0.4 is 0 Å². The Labute approximate surface area is 150 Å². The second-order valence-electron chi connectivity index (χ2n) is 7.93. The van der Waals surface area contributed by atoms with E-state index in [1.165, 1.54) is 12.8 Å². The minimum absolute atomic E-state index is 0.0550. The van der Waals surface area contributed by atoms with Gasteiger partial charge >= 0.3 is 0 Å². The largest absolute Gasteiger partial charge is 0.385 e. The Balaban J connectivity index is 1.66. The molecule has 1 aromatic heterocycles. The lowest BCUT2D eigenvalue weighted by atomic mass is 9.91. The van der Waals surface area contributed by atoms with Crippen molar-refractivity contribution in [2.24, 2.45) is 13.0 Å². The molecule has 6 heteroatoms. The van der Waals surface area contributed by atoms with Crippen LogP contribution >= 0.6 is 0 Å². The van der Waals surface area contributed by atoms with Crippen molar-refractivity contribution < 1.29 is 9.90 Å². The first-order chi connectivity index (χ1) is 11.9. The summed E-state index contributed by atoms with van der Waals surface area (Å²) in [7, 11) is 1.90. The van der Waals surface area contributed by atoms with E-state index in [1.54, 1.807) is 6.20 Å². The lowest BCUT2D eigenvalue weighted by Crippen LogP contribution is -2.53. The van der Waals surface area contributed by atoms with Crippen molar-refractivity contribution in [3.05, 3.63) is 18.2 Å². The third kappa shape index (κ3) is 3.60. The van der Waals surface area contributed by atoms with Crippen LogP contribution in [0.3, 0.4) is 0 Å².